The van der Waals surface area contributed by atoms with Crippen LogP contribution in [0.25, 0.3) is 10.9 Å². The lowest BCUT2D eigenvalue weighted by molar-refractivity contribution is -0.0453. The molecule has 0 amide bonds. The average Bonchev–Trinajstić information content (AvgIpc) is 3.20. The molecule has 3 N–H and O–H groups in total. The maximum atomic E-state index is 10.5. The molecule has 1 fully saturated rings. The predicted molar refractivity (Wildman–Crippen MR) is 125 cm³/mol. The van der Waals surface area contributed by atoms with E-state index in [-0.39, 0.29) is 23.9 Å². The summed E-state index contributed by atoms with van der Waals surface area (Å²) in [5, 5.41) is 31.8. The van der Waals surface area contributed by atoms with Crippen LogP contribution in [0.2, 0.25) is 0 Å². The van der Waals surface area contributed by atoms with Gasteiger partial charge in [-0.05, 0) is 50.2 Å². The van der Waals surface area contributed by atoms with Crippen molar-refractivity contribution >= 4 is 10.9 Å². The van der Waals surface area contributed by atoms with E-state index in [1.54, 1.807) is 0 Å². The molecule has 5 atom stereocenters. The monoisotopic (exact) mass is 444 g/mol. The minimum absolute atomic E-state index is 0.0401. The fraction of sp³-hybridized carbons (Fsp3) is 0.370. The number of hydrogen-bond acceptors (Lipinski definition) is 6. The van der Waals surface area contributed by atoms with Gasteiger partial charge in [0.1, 0.15) is 12.2 Å². The van der Waals surface area contributed by atoms with Crippen LogP contribution in [0, 0.1) is 5.92 Å². The molecule has 170 valence electrons. The second-order valence-electron chi connectivity index (χ2n) is 9.58. The Balaban J connectivity index is 0.000000173. The lowest BCUT2D eigenvalue weighted by Gasteiger charge is -2.56. The highest BCUT2D eigenvalue weighted by Crippen LogP contribution is 2.62. The van der Waals surface area contributed by atoms with Gasteiger partial charge in [0.25, 0.3) is 0 Å². The van der Waals surface area contributed by atoms with Gasteiger partial charge >= 0.3 is 0 Å². The number of benzene rings is 2. The van der Waals surface area contributed by atoms with Crippen molar-refractivity contribution < 1.29 is 20.1 Å². The Hall–Kier alpha value is -2.93. The van der Waals surface area contributed by atoms with Crippen molar-refractivity contribution in [1.82, 2.24) is 9.88 Å². The second kappa shape index (κ2) is 7.55. The van der Waals surface area contributed by atoms with Gasteiger partial charge < -0.3 is 25.0 Å². The van der Waals surface area contributed by atoms with Gasteiger partial charge in [-0.2, -0.15) is 0 Å². The van der Waals surface area contributed by atoms with Crippen molar-refractivity contribution in [1.29, 1.82) is 0 Å². The summed E-state index contributed by atoms with van der Waals surface area (Å²) >= 11 is 0. The van der Waals surface area contributed by atoms with Gasteiger partial charge in [-0.15, -0.1) is 0 Å². The highest BCUT2D eigenvalue weighted by molar-refractivity contribution is 5.77. The van der Waals surface area contributed by atoms with E-state index < -0.39 is 6.10 Å². The summed E-state index contributed by atoms with van der Waals surface area (Å²) in [6, 6.07) is 14.4. The van der Waals surface area contributed by atoms with Gasteiger partial charge in [0.05, 0.1) is 12.1 Å². The van der Waals surface area contributed by atoms with Crippen molar-refractivity contribution in [2.24, 2.45) is 5.92 Å². The Morgan fingerprint density at radius 1 is 1.18 bits per heavy atom. The number of ether oxygens (including phenoxy) is 1. The quantitative estimate of drug-likeness (QED) is 0.501. The molecule has 6 heteroatoms. The number of aliphatic hydroxyl groups is 2. The molecule has 33 heavy (non-hydrogen) atoms. The first-order valence-corrected chi connectivity index (χ1v) is 11.6. The largest absolute Gasteiger partial charge is 0.504 e. The van der Waals surface area contributed by atoms with Crippen LogP contribution in [0.5, 0.6) is 11.5 Å². The maximum absolute atomic E-state index is 10.5. The summed E-state index contributed by atoms with van der Waals surface area (Å²) < 4.78 is 6.12. The first-order chi connectivity index (χ1) is 16.0. The number of pyridine rings is 1. The molecule has 7 rings (SSSR count). The van der Waals surface area contributed by atoms with Gasteiger partial charge in [0, 0.05) is 40.1 Å². The number of fused-ring (bicyclic) bond motifs is 1. The highest BCUT2D eigenvalue weighted by atomic mass is 16.5. The van der Waals surface area contributed by atoms with E-state index in [0.29, 0.717) is 23.3 Å². The number of nitrogens with zero attached hydrogens (tertiary/aromatic N) is 2. The van der Waals surface area contributed by atoms with Crippen LogP contribution in [-0.4, -0.2) is 57.0 Å². The molecule has 1 saturated heterocycles. The number of piperidine rings is 1. The number of phenols is 1. The lowest BCUT2D eigenvalue weighted by atomic mass is 9.53. The Kier molecular flexibility index (Phi) is 4.73. The van der Waals surface area contributed by atoms with E-state index in [4.69, 9.17) is 4.74 Å². The molecule has 0 saturated carbocycles. The fourth-order valence-electron chi connectivity index (χ4n) is 6.51. The zero-order valence-electron chi connectivity index (χ0n) is 18.6. The molecule has 6 nitrogen and oxygen atoms in total. The van der Waals surface area contributed by atoms with E-state index in [1.807, 2.05) is 42.6 Å². The molecular formula is C27H28N2O4. The van der Waals surface area contributed by atoms with Crippen molar-refractivity contribution in [3.8, 4) is 11.5 Å². The summed E-state index contributed by atoms with van der Waals surface area (Å²) in [7, 11) is 2.15. The van der Waals surface area contributed by atoms with Crippen LogP contribution in [0.1, 0.15) is 23.1 Å². The number of aromatic hydroxyl groups is 1. The lowest BCUT2D eigenvalue weighted by Crippen LogP contribution is -2.64. The van der Waals surface area contributed by atoms with E-state index >= 15 is 0 Å². The molecule has 4 aliphatic rings. The van der Waals surface area contributed by atoms with Crippen molar-refractivity contribution in [2.75, 3.05) is 13.6 Å². The summed E-state index contributed by atoms with van der Waals surface area (Å²) in [4.78, 5) is 6.57. The van der Waals surface area contributed by atoms with Crippen LogP contribution >= 0.6 is 0 Å². The summed E-state index contributed by atoms with van der Waals surface area (Å²) in [5.41, 5.74) is 3.55. The van der Waals surface area contributed by atoms with E-state index in [0.717, 1.165) is 36.0 Å². The third-order valence-corrected chi connectivity index (χ3v) is 8.02. The number of rotatable bonds is 1. The smallest absolute Gasteiger partial charge is 0.166 e. The minimum Gasteiger partial charge on any atom is -0.504 e. The van der Waals surface area contributed by atoms with E-state index in [1.165, 1.54) is 5.39 Å². The van der Waals surface area contributed by atoms with E-state index in [9.17, 15) is 15.3 Å². The number of aromatic nitrogens is 1. The molecule has 1 spiro atoms. The summed E-state index contributed by atoms with van der Waals surface area (Å²) in [5.74, 6) is 0.827. The van der Waals surface area contributed by atoms with Crippen molar-refractivity contribution in [2.45, 2.75) is 43.1 Å². The number of likely N-dealkylation sites (tertiary alicyclic amines) is 1. The van der Waals surface area contributed by atoms with Crippen LogP contribution < -0.4 is 4.74 Å². The topological polar surface area (TPSA) is 86.1 Å². The highest BCUT2D eigenvalue weighted by Gasteiger charge is 2.64. The van der Waals surface area contributed by atoms with Crippen LogP contribution in [0.15, 0.2) is 60.8 Å². The molecule has 3 heterocycles. The van der Waals surface area contributed by atoms with Crippen LogP contribution in [0.3, 0.4) is 0 Å². The molecule has 1 aromatic heterocycles. The molecule has 0 unspecified atom stereocenters. The molecule has 2 aliphatic heterocycles. The van der Waals surface area contributed by atoms with Crippen molar-refractivity contribution in [3.63, 3.8) is 0 Å². The van der Waals surface area contributed by atoms with Gasteiger partial charge in [0.15, 0.2) is 11.5 Å². The normalized spacial score (nSPS) is 30.9. The van der Waals surface area contributed by atoms with Crippen LogP contribution in [-0.2, 0) is 18.4 Å². The number of likely N-dealkylation sites (N-methyl/N-ethyl adjacent to an activating group) is 1. The molecular weight excluding hydrogens is 416 g/mol. The molecule has 2 bridgehead atoms. The molecule has 0 radical (unpaired) electrons. The first-order valence-electron chi connectivity index (χ1n) is 11.6. The first kappa shape index (κ1) is 20.7. The molecule has 2 aliphatic carbocycles. The van der Waals surface area contributed by atoms with Gasteiger partial charge in [0.2, 0.25) is 0 Å². The zero-order valence-corrected chi connectivity index (χ0v) is 18.6. The Morgan fingerprint density at radius 2 is 2.00 bits per heavy atom. The van der Waals surface area contributed by atoms with Crippen LogP contribution in [0.4, 0.5) is 0 Å². The number of hydrogen-bond donors (Lipinski definition) is 3. The summed E-state index contributed by atoms with van der Waals surface area (Å²) in [6.45, 7) is 0.751. The standard InChI is InChI=1S/C18H21NO4.C9H7N/c1-19-5-4-18-11-2-3-13(21)17(18)23-16-14(18)9(7-12(11)19)6-10(8-20)15(16)22;1-2-6-9-8(4-1)5-3-7-10-9/h2-3,6,11-13,17,20-22H,4-5,7-8H2,1H3;1-7H/t11-,12+,13-,17-,18-;/m0./s1. The zero-order chi connectivity index (χ0) is 22.7. The Bertz CT molecular complexity index is 1190. The third kappa shape index (κ3) is 2.88. The van der Waals surface area contributed by atoms with E-state index in [2.05, 4.69) is 35.1 Å². The van der Waals surface area contributed by atoms with Gasteiger partial charge in [-0.1, -0.05) is 36.4 Å². The fourth-order valence-corrected chi connectivity index (χ4v) is 6.51. The Labute approximate surface area is 192 Å². The average molecular weight is 445 g/mol. The number of para-hydroxylation sites is 1. The predicted octanol–water partition coefficient (Wildman–Crippen LogP) is 2.93. The van der Waals surface area contributed by atoms with Gasteiger partial charge in [-0.3, -0.25) is 4.98 Å². The second-order valence-corrected chi connectivity index (χ2v) is 9.58. The van der Waals surface area contributed by atoms with Crippen molar-refractivity contribution in [3.05, 3.63) is 77.5 Å². The maximum Gasteiger partial charge on any atom is 0.166 e. The minimum atomic E-state index is -0.661. The SMILES string of the molecule is CN1CC[C@]23c4c5cc(CO)c(O)c4O[C@H]2[C@@H](O)C=C[C@H]3[C@H]1C5.c1ccc2ncccc2c1. The summed E-state index contributed by atoms with van der Waals surface area (Å²) in [6.07, 6.45) is 6.60. The van der Waals surface area contributed by atoms with Gasteiger partial charge in [-0.25, -0.2) is 0 Å². The molecule has 2 aromatic carbocycles. The third-order valence-electron chi connectivity index (χ3n) is 8.02. The number of aliphatic hydroxyl groups excluding tert-OH is 2. The molecule has 3 aromatic rings. The Morgan fingerprint density at radius 3 is 2.82 bits per heavy atom.